The average Bonchev–Trinajstić information content (AvgIpc) is 2.16. The van der Waals surface area contributed by atoms with Crippen LogP contribution in [0.4, 0.5) is 0 Å². The maximum Gasteiger partial charge on any atom is 0.0786 e. The van der Waals surface area contributed by atoms with Gasteiger partial charge < -0.3 is 5.11 Å². The molecule has 0 saturated heterocycles. The highest BCUT2D eigenvalue weighted by Gasteiger charge is 2.08. The van der Waals surface area contributed by atoms with Crippen molar-refractivity contribution in [2.75, 3.05) is 0 Å². The van der Waals surface area contributed by atoms with E-state index < -0.39 is 0 Å². The Hall–Kier alpha value is -0.560. The molecule has 1 heteroatoms. The molecule has 0 spiro atoms. The molecule has 1 aliphatic carbocycles. The molecule has 0 saturated carbocycles. The van der Waals surface area contributed by atoms with Crippen LogP contribution in [0.25, 0.3) is 0 Å². The van der Waals surface area contributed by atoms with Gasteiger partial charge in [0.15, 0.2) is 0 Å². The lowest BCUT2D eigenvalue weighted by Crippen LogP contribution is -2.09. The molecule has 1 aliphatic rings. The molecule has 13 heavy (non-hydrogen) atoms. The van der Waals surface area contributed by atoms with Crippen LogP contribution in [0.1, 0.15) is 44.9 Å². The zero-order valence-electron chi connectivity index (χ0n) is 8.34. The van der Waals surface area contributed by atoms with Gasteiger partial charge in [0.2, 0.25) is 0 Å². The van der Waals surface area contributed by atoms with E-state index in [9.17, 15) is 5.11 Å². The molecule has 1 rings (SSSR count). The molecule has 0 radical (unpaired) electrons. The minimum absolute atomic E-state index is 0.268. The summed E-state index contributed by atoms with van der Waals surface area (Å²) in [4.78, 5) is 0. The number of rotatable bonds is 1. The Morgan fingerprint density at radius 2 is 1.92 bits per heavy atom. The Morgan fingerprint density at radius 3 is 2.69 bits per heavy atom. The van der Waals surface area contributed by atoms with Crippen molar-refractivity contribution in [2.45, 2.75) is 51.0 Å². The van der Waals surface area contributed by atoms with E-state index >= 15 is 0 Å². The summed E-state index contributed by atoms with van der Waals surface area (Å²) in [6, 6.07) is 0. The van der Waals surface area contributed by atoms with Gasteiger partial charge in [-0.25, -0.2) is 0 Å². The largest absolute Gasteiger partial charge is 0.388 e. The molecule has 1 N–H and O–H groups in total. The fraction of sp³-hybridized carbons (Fsp3) is 0.667. The number of hydrogen-bond acceptors (Lipinski definition) is 1. The van der Waals surface area contributed by atoms with Crippen LogP contribution >= 0.6 is 0 Å². The first-order chi connectivity index (χ1) is 6.34. The van der Waals surface area contributed by atoms with Gasteiger partial charge >= 0.3 is 0 Å². The van der Waals surface area contributed by atoms with E-state index in [0.29, 0.717) is 0 Å². The molecule has 0 fully saturated rings. The normalized spacial score (nSPS) is 30.2. The highest BCUT2D eigenvalue weighted by molar-refractivity contribution is 5.20. The topological polar surface area (TPSA) is 20.2 Å². The van der Waals surface area contributed by atoms with Gasteiger partial charge in [-0.05, 0) is 24.8 Å². The Labute approximate surface area is 81.2 Å². The van der Waals surface area contributed by atoms with Crippen LogP contribution in [0.15, 0.2) is 24.3 Å². The third-order valence-electron chi connectivity index (χ3n) is 2.68. The zero-order valence-corrected chi connectivity index (χ0v) is 8.34. The van der Waals surface area contributed by atoms with E-state index in [1.165, 1.54) is 25.7 Å². The monoisotopic (exact) mass is 180 g/mol. The number of aliphatic hydroxyl groups excluding tert-OH is 1. The van der Waals surface area contributed by atoms with Crippen LogP contribution in [0, 0.1) is 0 Å². The average molecular weight is 180 g/mol. The quantitative estimate of drug-likeness (QED) is 0.657. The predicted octanol–water partition coefficient (Wildman–Crippen LogP) is 3.20. The van der Waals surface area contributed by atoms with Crippen LogP contribution in [0.2, 0.25) is 0 Å². The summed E-state index contributed by atoms with van der Waals surface area (Å²) in [6.45, 7) is 3.73. The van der Waals surface area contributed by atoms with Crippen molar-refractivity contribution >= 4 is 0 Å². The van der Waals surface area contributed by atoms with Crippen molar-refractivity contribution in [3.05, 3.63) is 24.3 Å². The maximum atomic E-state index is 9.75. The van der Waals surface area contributed by atoms with Crippen molar-refractivity contribution in [3.63, 3.8) is 0 Å². The van der Waals surface area contributed by atoms with Crippen molar-refractivity contribution < 1.29 is 5.11 Å². The van der Waals surface area contributed by atoms with Crippen molar-refractivity contribution in [1.29, 1.82) is 0 Å². The molecule has 0 aromatic carbocycles. The summed E-state index contributed by atoms with van der Waals surface area (Å²) in [6.07, 6.45) is 12.0. The van der Waals surface area contributed by atoms with Gasteiger partial charge in [-0.1, -0.05) is 44.4 Å². The first-order valence-electron chi connectivity index (χ1n) is 5.35. The second kappa shape index (κ2) is 5.98. The Balaban J connectivity index is 2.53. The van der Waals surface area contributed by atoms with E-state index in [1.54, 1.807) is 6.08 Å². The SMILES string of the molecule is C=C/C1=C/CCCCCCCC1O. The molecular formula is C12H20O. The van der Waals surface area contributed by atoms with Crippen LogP contribution in [-0.2, 0) is 0 Å². The van der Waals surface area contributed by atoms with Crippen molar-refractivity contribution in [2.24, 2.45) is 0 Å². The Morgan fingerprint density at radius 1 is 1.23 bits per heavy atom. The summed E-state index contributed by atoms with van der Waals surface area (Å²) < 4.78 is 0. The van der Waals surface area contributed by atoms with Gasteiger partial charge in [0.1, 0.15) is 0 Å². The first kappa shape index (κ1) is 10.5. The lowest BCUT2D eigenvalue weighted by molar-refractivity contribution is 0.198. The van der Waals surface area contributed by atoms with E-state index in [1.807, 2.05) is 0 Å². The lowest BCUT2D eigenvalue weighted by Gasteiger charge is -2.13. The van der Waals surface area contributed by atoms with E-state index in [0.717, 1.165) is 24.8 Å². The minimum atomic E-state index is -0.268. The number of hydrogen-bond donors (Lipinski definition) is 1. The van der Waals surface area contributed by atoms with Crippen LogP contribution in [-0.4, -0.2) is 11.2 Å². The maximum absolute atomic E-state index is 9.75. The van der Waals surface area contributed by atoms with Crippen molar-refractivity contribution in [1.82, 2.24) is 0 Å². The fourth-order valence-corrected chi connectivity index (χ4v) is 1.80. The molecule has 0 aromatic heterocycles. The van der Waals surface area contributed by atoms with E-state index in [4.69, 9.17) is 0 Å². The smallest absolute Gasteiger partial charge is 0.0786 e. The van der Waals surface area contributed by atoms with Crippen LogP contribution in [0.5, 0.6) is 0 Å². The predicted molar refractivity (Wildman–Crippen MR) is 56.6 cm³/mol. The molecule has 0 heterocycles. The lowest BCUT2D eigenvalue weighted by atomic mass is 9.98. The summed E-state index contributed by atoms with van der Waals surface area (Å²) >= 11 is 0. The molecule has 0 amide bonds. The van der Waals surface area contributed by atoms with Gasteiger partial charge in [0.05, 0.1) is 6.10 Å². The van der Waals surface area contributed by atoms with E-state index in [-0.39, 0.29) is 6.10 Å². The van der Waals surface area contributed by atoms with Gasteiger partial charge in [0.25, 0.3) is 0 Å². The second-order valence-corrected chi connectivity index (χ2v) is 3.77. The van der Waals surface area contributed by atoms with Gasteiger partial charge in [-0.2, -0.15) is 0 Å². The molecule has 1 atom stereocenters. The number of aliphatic hydroxyl groups is 1. The molecule has 0 bridgehead atoms. The molecule has 0 aliphatic heterocycles. The first-order valence-corrected chi connectivity index (χ1v) is 5.35. The summed E-state index contributed by atoms with van der Waals surface area (Å²) in [5.41, 5.74) is 1.03. The summed E-state index contributed by atoms with van der Waals surface area (Å²) in [7, 11) is 0. The van der Waals surface area contributed by atoms with E-state index in [2.05, 4.69) is 12.7 Å². The Kier molecular flexibility index (Phi) is 4.84. The van der Waals surface area contributed by atoms with Crippen LogP contribution in [0.3, 0.4) is 0 Å². The molecule has 0 aromatic rings. The molecule has 74 valence electrons. The summed E-state index contributed by atoms with van der Waals surface area (Å²) in [5, 5.41) is 9.75. The van der Waals surface area contributed by atoms with Crippen LogP contribution < -0.4 is 0 Å². The third kappa shape index (κ3) is 3.77. The highest BCUT2D eigenvalue weighted by Crippen LogP contribution is 2.17. The molecule has 1 unspecified atom stereocenters. The minimum Gasteiger partial charge on any atom is -0.388 e. The number of allylic oxidation sites excluding steroid dienone is 1. The standard InChI is InChI=1S/C12H20O/c1-2-11-9-7-5-3-4-6-8-10-12(11)13/h2,9,12-13H,1,3-8,10H2/b11-9-. The second-order valence-electron chi connectivity index (χ2n) is 3.77. The van der Waals surface area contributed by atoms with Crippen molar-refractivity contribution in [3.8, 4) is 0 Å². The van der Waals surface area contributed by atoms with Gasteiger partial charge in [-0.3, -0.25) is 0 Å². The molecular weight excluding hydrogens is 160 g/mol. The zero-order chi connectivity index (χ0) is 9.52. The van der Waals surface area contributed by atoms with Gasteiger partial charge in [0, 0.05) is 0 Å². The highest BCUT2D eigenvalue weighted by atomic mass is 16.3. The third-order valence-corrected chi connectivity index (χ3v) is 2.68. The van der Waals surface area contributed by atoms with Gasteiger partial charge in [-0.15, -0.1) is 0 Å². The molecule has 1 nitrogen and oxygen atoms in total. The fourth-order valence-electron chi connectivity index (χ4n) is 1.80. The Bertz CT molecular complexity index is 182. The summed E-state index contributed by atoms with van der Waals surface area (Å²) in [5.74, 6) is 0.